The van der Waals surface area contributed by atoms with Crippen LogP contribution in [0.3, 0.4) is 0 Å². The summed E-state index contributed by atoms with van der Waals surface area (Å²) >= 11 is 0. The van der Waals surface area contributed by atoms with E-state index in [1.54, 1.807) is 11.8 Å². The van der Waals surface area contributed by atoms with Gasteiger partial charge >= 0.3 is 6.09 Å². The molecule has 1 aliphatic heterocycles. The van der Waals surface area contributed by atoms with Gasteiger partial charge < -0.3 is 4.74 Å². The number of carbonyl (C=O) groups excluding carboxylic acids is 2. The second-order valence-electron chi connectivity index (χ2n) is 6.18. The summed E-state index contributed by atoms with van der Waals surface area (Å²) in [7, 11) is 0. The minimum Gasteiger partial charge on any atom is -0.444 e. The molecule has 0 N–H and O–H groups in total. The lowest BCUT2D eigenvalue weighted by molar-refractivity contribution is -0.128. The van der Waals surface area contributed by atoms with Gasteiger partial charge in [0.25, 0.3) is 0 Å². The molecule has 4 nitrogen and oxygen atoms in total. The molecule has 104 valence electrons. The Balaban J connectivity index is 3.02. The Morgan fingerprint density at radius 2 is 1.94 bits per heavy atom. The topological polar surface area (TPSA) is 46.6 Å². The van der Waals surface area contributed by atoms with Crippen molar-refractivity contribution in [2.24, 2.45) is 0 Å². The zero-order valence-corrected chi connectivity index (χ0v) is 12.4. The van der Waals surface area contributed by atoms with Crippen molar-refractivity contribution < 1.29 is 14.3 Å². The number of ether oxygens (including phenoxy) is 1. The minimum atomic E-state index is -0.665. The molecule has 0 spiro atoms. The zero-order valence-electron chi connectivity index (χ0n) is 12.4. The lowest BCUT2D eigenvalue weighted by Crippen LogP contribution is -2.55. The first kappa shape index (κ1) is 15.0. The number of hydrogen-bond acceptors (Lipinski definition) is 3. The third-order valence-corrected chi connectivity index (χ3v) is 3.71. The second-order valence-corrected chi connectivity index (χ2v) is 6.18. The molecule has 2 atom stereocenters. The minimum absolute atomic E-state index is 0.0557. The second kappa shape index (κ2) is 4.90. The highest BCUT2D eigenvalue weighted by Gasteiger charge is 2.50. The SMILES string of the molecule is CCC1(C(C)=O)CCC(C)N1C(=O)OC(C)(C)C. The molecule has 1 saturated heterocycles. The summed E-state index contributed by atoms with van der Waals surface area (Å²) in [6.07, 6.45) is 1.86. The Morgan fingerprint density at radius 3 is 2.33 bits per heavy atom. The molecule has 4 heteroatoms. The lowest BCUT2D eigenvalue weighted by atomic mass is 9.89. The molecule has 2 unspecified atom stereocenters. The van der Waals surface area contributed by atoms with E-state index < -0.39 is 11.1 Å². The average Bonchev–Trinajstić information content (AvgIpc) is 2.53. The maximum Gasteiger partial charge on any atom is 0.411 e. The van der Waals surface area contributed by atoms with E-state index in [4.69, 9.17) is 4.74 Å². The van der Waals surface area contributed by atoms with Crippen molar-refractivity contribution in [2.45, 2.75) is 78.0 Å². The van der Waals surface area contributed by atoms with E-state index in [0.717, 1.165) is 12.8 Å². The van der Waals surface area contributed by atoms with Crippen LogP contribution in [0.1, 0.15) is 60.8 Å². The molecule has 0 aliphatic carbocycles. The van der Waals surface area contributed by atoms with Gasteiger partial charge in [0.05, 0.1) is 0 Å². The summed E-state index contributed by atoms with van der Waals surface area (Å²) in [5, 5.41) is 0. The first-order valence-electron chi connectivity index (χ1n) is 6.67. The van der Waals surface area contributed by atoms with Gasteiger partial charge in [-0.3, -0.25) is 9.69 Å². The number of Topliss-reactive ketones (excluding diaryl/α,β-unsaturated/α-hetero) is 1. The number of ketones is 1. The number of rotatable bonds is 2. The average molecular weight is 255 g/mol. The van der Waals surface area contributed by atoms with Gasteiger partial charge in [0.1, 0.15) is 11.1 Å². The molecule has 1 rings (SSSR count). The van der Waals surface area contributed by atoms with E-state index in [9.17, 15) is 9.59 Å². The standard InChI is InChI=1S/C14H25NO3/c1-7-14(11(3)16)9-8-10(2)15(14)12(17)18-13(4,5)6/h10H,7-9H2,1-6H3. The summed E-state index contributed by atoms with van der Waals surface area (Å²) in [4.78, 5) is 25.9. The highest BCUT2D eigenvalue weighted by atomic mass is 16.6. The Kier molecular flexibility index (Phi) is 4.08. The fourth-order valence-electron chi connectivity index (χ4n) is 2.73. The quantitative estimate of drug-likeness (QED) is 0.761. The van der Waals surface area contributed by atoms with Crippen LogP contribution >= 0.6 is 0 Å². The van der Waals surface area contributed by atoms with E-state index in [1.165, 1.54) is 0 Å². The van der Waals surface area contributed by atoms with Crippen LogP contribution in [0, 0.1) is 0 Å². The van der Waals surface area contributed by atoms with Gasteiger partial charge in [-0.1, -0.05) is 6.92 Å². The number of likely N-dealkylation sites (tertiary alicyclic amines) is 1. The maximum atomic E-state index is 12.3. The number of amides is 1. The molecule has 0 radical (unpaired) electrons. The van der Waals surface area contributed by atoms with Gasteiger partial charge in [0.2, 0.25) is 0 Å². The number of hydrogen-bond donors (Lipinski definition) is 0. The summed E-state index contributed by atoms with van der Waals surface area (Å²) in [6.45, 7) is 11.0. The highest BCUT2D eigenvalue weighted by molar-refractivity contribution is 5.90. The van der Waals surface area contributed by atoms with Crippen molar-refractivity contribution in [1.82, 2.24) is 4.90 Å². The third-order valence-electron chi connectivity index (χ3n) is 3.71. The van der Waals surface area contributed by atoms with Crippen molar-refractivity contribution in [3.63, 3.8) is 0 Å². The molecule has 0 aromatic heterocycles. The monoisotopic (exact) mass is 255 g/mol. The van der Waals surface area contributed by atoms with Crippen LogP contribution in [-0.2, 0) is 9.53 Å². The van der Waals surface area contributed by atoms with Gasteiger partial charge in [-0.25, -0.2) is 4.79 Å². The molecule has 0 aromatic rings. The Hall–Kier alpha value is -1.06. The number of nitrogens with zero attached hydrogens (tertiary/aromatic N) is 1. The van der Waals surface area contributed by atoms with Gasteiger partial charge in [-0.15, -0.1) is 0 Å². The van der Waals surface area contributed by atoms with Gasteiger partial charge in [0, 0.05) is 6.04 Å². The first-order valence-corrected chi connectivity index (χ1v) is 6.67. The Labute approximate surface area is 110 Å². The lowest BCUT2D eigenvalue weighted by Gasteiger charge is -2.38. The highest BCUT2D eigenvalue weighted by Crippen LogP contribution is 2.38. The van der Waals surface area contributed by atoms with Crippen LogP contribution in [0.15, 0.2) is 0 Å². The van der Waals surface area contributed by atoms with Crippen molar-refractivity contribution in [3.05, 3.63) is 0 Å². The summed E-state index contributed by atoms with van der Waals surface area (Å²) in [5.41, 5.74) is -1.20. The normalized spacial score (nSPS) is 28.3. The molecule has 1 amide bonds. The van der Waals surface area contributed by atoms with E-state index in [2.05, 4.69) is 0 Å². The van der Waals surface area contributed by atoms with E-state index in [1.807, 2.05) is 34.6 Å². The summed E-state index contributed by atoms with van der Waals surface area (Å²) in [5.74, 6) is 0.0557. The fraction of sp³-hybridized carbons (Fsp3) is 0.857. The van der Waals surface area contributed by atoms with Crippen LogP contribution in [0.2, 0.25) is 0 Å². The van der Waals surface area contributed by atoms with Crippen LogP contribution in [-0.4, -0.2) is 34.0 Å². The summed E-state index contributed by atoms with van der Waals surface area (Å²) in [6, 6.07) is 0.0590. The molecule has 1 aliphatic rings. The Morgan fingerprint density at radius 1 is 1.39 bits per heavy atom. The van der Waals surface area contributed by atoms with E-state index in [-0.39, 0.29) is 17.9 Å². The van der Waals surface area contributed by atoms with Gasteiger partial charge in [-0.05, 0) is 53.9 Å². The van der Waals surface area contributed by atoms with Crippen molar-refractivity contribution in [3.8, 4) is 0 Å². The molecule has 0 saturated carbocycles. The van der Waals surface area contributed by atoms with E-state index in [0.29, 0.717) is 6.42 Å². The van der Waals surface area contributed by atoms with Crippen molar-refractivity contribution in [2.75, 3.05) is 0 Å². The first-order chi connectivity index (χ1) is 8.14. The molecule has 1 fully saturated rings. The fourth-order valence-corrected chi connectivity index (χ4v) is 2.73. The van der Waals surface area contributed by atoms with Gasteiger partial charge in [0.15, 0.2) is 5.78 Å². The molecule has 0 bridgehead atoms. The maximum absolute atomic E-state index is 12.3. The Bertz CT molecular complexity index is 345. The predicted molar refractivity (Wildman–Crippen MR) is 70.5 cm³/mol. The van der Waals surface area contributed by atoms with Crippen molar-refractivity contribution >= 4 is 11.9 Å². The largest absolute Gasteiger partial charge is 0.444 e. The molecule has 0 aromatic carbocycles. The summed E-state index contributed by atoms with van der Waals surface area (Å²) < 4.78 is 5.43. The van der Waals surface area contributed by atoms with Gasteiger partial charge in [-0.2, -0.15) is 0 Å². The van der Waals surface area contributed by atoms with Crippen molar-refractivity contribution in [1.29, 1.82) is 0 Å². The molecular weight excluding hydrogens is 230 g/mol. The predicted octanol–water partition coefficient (Wildman–Crippen LogP) is 3.14. The molecule has 1 heterocycles. The third kappa shape index (κ3) is 2.68. The van der Waals surface area contributed by atoms with Crippen LogP contribution in [0.25, 0.3) is 0 Å². The van der Waals surface area contributed by atoms with E-state index >= 15 is 0 Å². The zero-order chi connectivity index (χ0) is 14.1. The molecular formula is C14H25NO3. The smallest absolute Gasteiger partial charge is 0.411 e. The van der Waals surface area contributed by atoms with Crippen LogP contribution in [0.5, 0.6) is 0 Å². The molecule has 18 heavy (non-hydrogen) atoms. The van der Waals surface area contributed by atoms with Crippen LogP contribution in [0.4, 0.5) is 4.79 Å². The number of carbonyl (C=O) groups is 2. The van der Waals surface area contributed by atoms with Crippen LogP contribution < -0.4 is 0 Å².